The van der Waals surface area contributed by atoms with Crippen LogP contribution in [0.25, 0.3) is 43.8 Å². The van der Waals surface area contributed by atoms with Crippen LogP contribution in [0.1, 0.15) is 28.4 Å². The van der Waals surface area contributed by atoms with E-state index in [1.165, 1.54) is 27.5 Å². The van der Waals surface area contributed by atoms with Crippen molar-refractivity contribution in [2.75, 3.05) is 0 Å². The monoisotopic (exact) mass is 475 g/mol. The summed E-state index contributed by atoms with van der Waals surface area (Å²) in [5.74, 6) is 0.931. The molecule has 1 atom stereocenters. The van der Waals surface area contributed by atoms with Gasteiger partial charge in [-0.15, -0.1) is 0 Å². The largest absolute Gasteiger partial charge is 0.341 e. The first-order chi connectivity index (χ1) is 18.2. The van der Waals surface area contributed by atoms with Gasteiger partial charge in [-0.05, 0) is 52.6 Å². The van der Waals surface area contributed by atoms with Crippen LogP contribution in [0.3, 0.4) is 0 Å². The molecule has 0 aliphatic rings. The highest BCUT2D eigenvalue weighted by Gasteiger charge is 2.22. The molecule has 0 saturated carbocycles. The molecule has 3 nitrogen and oxygen atoms in total. The Balaban J connectivity index is 1.45. The molecular formula is C34H25N3. The average molecular weight is 476 g/mol. The Morgan fingerprint density at radius 1 is 0.649 bits per heavy atom. The van der Waals surface area contributed by atoms with E-state index in [9.17, 15) is 0 Å². The van der Waals surface area contributed by atoms with Gasteiger partial charge in [0.2, 0.25) is 0 Å². The number of aromatic nitrogens is 3. The van der Waals surface area contributed by atoms with Gasteiger partial charge in [0.1, 0.15) is 5.82 Å². The Morgan fingerprint density at radius 3 is 2.38 bits per heavy atom. The maximum Gasteiger partial charge on any atom is 0.119 e. The van der Waals surface area contributed by atoms with Gasteiger partial charge in [-0.2, -0.15) is 0 Å². The van der Waals surface area contributed by atoms with Gasteiger partial charge in [0.05, 0.1) is 22.5 Å². The van der Waals surface area contributed by atoms with Gasteiger partial charge >= 0.3 is 0 Å². The van der Waals surface area contributed by atoms with Crippen LogP contribution in [0.2, 0.25) is 0 Å². The Hall–Kier alpha value is -4.76. The zero-order valence-corrected chi connectivity index (χ0v) is 20.5. The predicted octanol–water partition coefficient (Wildman–Crippen LogP) is 8.42. The second-order valence-electron chi connectivity index (χ2n) is 9.65. The number of rotatable bonds is 4. The van der Waals surface area contributed by atoms with Crippen molar-refractivity contribution in [3.05, 3.63) is 144 Å². The van der Waals surface area contributed by atoms with E-state index in [4.69, 9.17) is 4.98 Å². The number of hydrogen-bond acceptors (Lipinski definition) is 2. The zero-order valence-electron chi connectivity index (χ0n) is 20.5. The molecule has 0 amide bonds. The molecule has 0 aliphatic heterocycles. The van der Waals surface area contributed by atoms with Crippen LogP contribution in [0.15, 0.2) is 121 Å². The number of imidazole rings is 1. The molecule has 2 heterocycles. The highest BCUT2D eigenvalue weighted by molar-refractivity contribution is 6.02. The number of para-hydroxylation sites is 2. The lowest BCUT2D eigenvalue weighted by molar-refractivity contribution is 0.891. The van der Waals surface area contributed by atoms with Crippen LogP contribution in [0.4, 0.5) is 0 Å². The lowest BCUT2D eigenvalue weighted by Crippen LogP contribution is -2.06. The number of nitrogens with one attached hydrogen (secondary N) is 1. The van der Waals surface area contributed by atoms with Crippen molar-refractivity contribution in [2.45, 2.75) is 12.8 Å². The van der Waals surface area contributed by atoms with Crippen molar-refractivity contribution in [3.63, 3.8) is 0 Å². The van der Waals surface area contributed by atoms with Crippen molar-refractivity contribution in [2.24, 2.45) is 0 Å². The first kappa shape index (κ1) is 21.5. The van der Waals surface area contributed by atoms with Gasteiger partial charge in [-0.1, -0.05) is 103 Å². The normalized spacial score (nSPS) is 12.4. The van der Waals surface area contributed by atoms with E-state index >= 15 is 0 Å². The number of H-pyrrole nitrogens is 1. The topological polar surface area (TPSA) is 41.6 Å². The maximum atomic E-state index is 5.28. The van der Waals surface area contributed by atoms with Crippen molar-refractivity contribution in [1.29, 1.82) is 0 Å². The summed E-state index contributed by atoms with van der Waals surface area (Å²) < 4.78 is 0. The molecule has 7 rings (SSSR count). The van der Waals surface area contributed by atoms with Crippen LogP contribution in [0.5, 0.6) is 0 Å². The first-order valence-electron chi connectivity index (χ1n) is 12.6. The highest BCUT2D eigenvalue weighted by atomic mass is 14.9. The summed E-state index contributed by atoms with van der Waals surface area (Å²) in [5, 5.41) is 3.61. The molecule has 0 fully saturated rings. The smallest absolute Gasteiger partial charge is 0.119 e. The highest BCUT2D eigenvalue weighted by Crippen LogP contribution is 2.37. The van der Waals surface area contributed by atoms with Crippen molar-refractivity contribution >= 4 is 32.7 Å². The second kappa shape index (κ2) is 8.72. The van der Waals surface area contributed by atoms with E-state index in [0.717, 1.165) is 38.9 Å². The lowest BCUT2D eigenvalue weighted by Gasteiger charge is -2.17. The summed E-state index contributed by atoms with van der Waals surface area (Å²) >= 11 is 0. The summed E-state index contributed by atoms with van der Waals surface area (Å²) in [6.07, 6.45) is 1.88. The molecule has 37 heavy (non-hydrogen) atoms. The second-order valence-corrected chi connectivity index (χ2v) is 9.65. The minimum atomic E-state index is -0.0149. The number of hydrogen-bond donors (Lipinski definition) is 1. The van der Waals surface area contributed by atoms with Crippen LogP contribution in [-0.2, 0) is 0 Å². The average Bonchev–Trinajstić information content (AvgIpc) is 3.37. The molecular weight excluding hydrogens is 450 g/mol. The van der Waals surface area contributed by atoms with Crippen LogP contribution >= 0.6 is 0 Å². The minimum Gasteiger partial charge on any atom is -0.341 e. The van der Waals surface area contributed by atoms with Gasteiger partial charge < -0.3 is 4.98 Å². The van der Waals surface area contributed by atoms with Gasteiger partial charge in [0.15, 0.2) is 0 Å². The molecule has 7 aromatic rings. The quantitative estimate of drug-likeness (QED) is 0.278. The molecule has 0 bridgehead atoms. The maximum absolute atomic E-state index is 5.28. The molecule has 0 spiro atoms. The third-order valence-corrected chi connectivity index (χ3v) is 7.23. The third kappa shape index (κ3) is 3.76. The predicted molar refractivity (Wildman–Crippen MR) is 153 cm³/mol. The van der Waals surface area contributed by atoms with E-state index in [1.54, 1.807) is 0 Å². The first-order valence-corrected chi connectivity index (χ1v) is 12.6. The van der Waals surface area contributed by atoms with Crippen LogP contribution in [-0.4, -0.2) is 15.0 Å². The van der Waals surface area contributed by atoms with Crippen LogP contribution in [0, 0.1) is 6.92 Å². The van der Waals surface area contributed by atoms with Gasteiger partial charge in [-0.25, -0.2) is 4.98 Å². The summed E-state index contributed by atoms with van der Waals surface area (Å²) in [5.41, 5.74) is 8.95. The van der Waals surface area contributed by atoms with E-state index in [-0.39, 0.29) is 5.92 Å². The van der Waals surface area contributed by atoms with Gasteiger partial charge in [-0.3, -0.25) is 4.98 Å². The van der Waals surface area contributed by atoms with Crippen molar-refractivity contribution in [3.8, 4) is 11.1 Å². The molecule has 1 N–H and O–H groups in total. The van der Waals surface area contributed by atoms with Crippen molar-refractivity contribution in [1.82, 2.24) is 15.0 Å². The Labute approximate surface area is 215 Å². The van der Waals surface area contributed by atoms with Crippen molar-refractivity contribution < 1.29 is 0 Å². The number of aryl methyl sites for hydroxylation is 1. The molecule has 2 aromatic heterocycles. The third-order valence-electron chi connectivity index (χ3n) is 7.23. The van der Waals surface area contributed by atoms with Gasteiger partial charge in [0, 0.05) is 17.1 Å². The molecule has 0 aliphatic carbocycles. The Morgan fingerprint density at radius 2 is 1.46 bits per heavy atom. The number of pyridine rings is 1. The Kier molecular flexibility index (Phi) is 5.07. The van der Waals surface area contributed by atoms with E-state index in [2.05, 4.69) is 126 Å². The molecule has 0 saturated heterocycles. The number of aromatic amines is 1. The molecule has 1 unspecified atom stereocenters. The number of nitrogens with zero attached hydrogens (tertiary/aromatic N) is 2. The van der Waals surface area contributed by atoms with Gasteiger partial charge in [0.25, 0.3) is 0 Å². The molecule has 5 aromatic carbocycles. The van der Waals surface area contributed by atoms with E-state index in [1.807, 2.05) is 12.3 Å². The lowest BCUT2D eigenvalue weighted by atomic mass is 9.88. The number of fused-ring (bicyclic) bond motifs is 3. The fourth-order valence-corrected chi connectivity index (χ4v) is 5.48. The fraction of sp³-hybridized carbons (Fsp3) is 0.0588. The summed E-state index contributed by atoms with van der Waals surface area (Å²) in [6, 6.07) is 40.8. The number of benzene rings is 5. The van der Waals surface area contributed by atoms with Crippen LogP contribution < -0.4 is 0 Å². The summed E-state index contributed by atoms with van der Waals surface area (Å²) in [7, 11) is 0. The van der Waals surface area contributed by atoms with E-state index < -0.39 is 0 Å². The molecule has 176 valence electrons. The zero-order chi connectivity index (χ0) is 24.8. The van der Waals surface area contributed by atoms with E-state index in [0.29, 0.717) is 0 Å². The SMILES string of the molecule is Cc1cccc(C(c2ccc3ccccc3c2)c2nc3c(-c4ccnc5ccccc45)cccc3[nH]2)c1. The summed E-state index contributed by atoms with van der Waals surface area (Å²) in [6.45, 7) is 2.15. The fourth-order valence-electron chi connectivity index (χ4n) is 5.48. The molecule has 3 heteroatoms. The molecule has 0 radical (unpaired) electrons. The minimum absolute atomic E-state index is 0.0149. The standard InChI is InChI=1S/C34H25N3/c1-22-8-6-11-25(20-22)32(26-17-16-23-9-2-3-10-24(23)21-26)34-36-31-15-7-13-29(33(31)37-34)27-18-19-35-30-14-5-4-12-28(27)30/h2-21,32H,1H3,(H,36,37). The summed E-state index contributed by atoms with van der Waals surface area (Å²) in [4.78, 5) is 13.5. The Bertz CT molecular complexity index is 1910.